The standard InChI is InChI=1S/C13H20N2O3/c1-9(10(2)17-3)14-11-6-5-7-12(8-11)15-13(16)18-4/h5-10,14H,1-4H3,(H,15,16). The lowest BCUT2D eigenvalue weighted by Gasteiger charge is -2.21. The highest BCUT2D eigenvalue weighted by Crippen LogP contribution is 2.17. The zero-order valence-corrected chi connectivity index (χ0v) is 11.2. The molecule has 5 nitrogen and oxygen atoms in total. The van der Waals surface area contributed by atoms with Crippen LogP contribution in [0.1, 0.15) is 13.8 Å². The molecular formula is C13H20N2O3. The smallest absolute Gasteiger partial charge is 0.411 e. The Balaban J connectivity index is 2.67. The van der Waals surface area contributed by atoms with Gasteiger partial charge in [-0.1, -0.05) is 6.07 Å². The van der Waals surface area contributed by atoms with Gasteiger partial charge in [-0.15, -0.1) is 0 Å². The summed E-state index contributed by atoms with van der Waals surface area (Å²) < 4.78 is 9.78. The number of hydrogen-bond donors (Lipinski definition) is 2. The van der Waals surface area contributed by atoms with E-state index in [0.29, 0.717) is 5.69 Å². The van der Waals surface area contributed by atoms with E-state index < -0.39 is 6.09 Å². The van der Waals surface area contributed by atoms with E-state index in [1.807, 2.05) is 32.0 Å². The first kappa shape index (κ1) is 14.3. The molecule has 0 radical (unpaired) electrons. The summed E-state index contributed by atoms with van der Waals surface area (Å²) in [6, 6.07) is 7.60. The summed E-state index contributed by atoms with van der Waals surface area (Å²) in [6.07, 6.45) is -0.382. The second-order valence-corrected chi connectivity index (χ2v) is 4.07. The van der Waals surface area contributed by atoms with Crippen molar-refractivity contribution in [1.82, 2.24) is 0 Å². The van der Waals surface area contributed by atoms with Gasteiger partial charge in [-0.3, -0.25) is 5.32 Å². The molecule has 0 saturated heterocycles. The Labute approximate surface area is 107 Å². The maximum absolute atomic E-state index is 11.1. The Morgan fingerprint density at radius 1 is 1.22 bits per heavy atom. The molecule has 2 unspecified atom stereocenters. The number of ether oxygens (including phenoxy) is 2. The van der Waals surface area contributed by atoms with Crippen molar-refractivity contribution < 1.29 is 14.3 Å². The third kappa shape index (κ3) is 4.25. The molecule has 0 fully saturated rings. The fourth-order valence-corrected chi connectivity index (χ4v) is 1.44. The first-order valence-electron chi connectivity index (χ1n) is 5.81. The Hall–Kier alpha value is -1.75. The van der Waals surface area contributed by atoms with Gasteiger partial charge in [0, 0.05) is 24.5 Å². The zero-order valence-electron chi connectivity index (χ0n) is 11.2. The SMILES string of the molecule is COC(=O)Nc1cccc(NC(C)C(C)OC)c1. The van der Waals surface area contributed by atoms with E-state index in [4.69, 9.17) is 4.74 Å². The summed E-state index contributed by atoms with van der Waals surface area (Å²) in [5, 5.41) is 5.92. The van der Waals surface area contributed by atoms with Crippen molar-refractivity contribution in [2.45, 2.75) is 26.0 Å². The second kappa shape index (κ2) is 6.86. The zero-order chi connectivity index (χ0) is 13.5. The van der Waals surface area contributed by atoms with E-state index in [0.717, 1.165) is 5.69 Å². The molecule has 0 aliphatic rings. The molecule has 0 spiro atoms. The van der Waals surface area contributed by atoms with E-state index in [1.165, 1.54) is 7.11 Å². The van der Waals surface area contributed by atoms with Crippen LogP contribution in [-0.4, -0.2) is 32.5 Å². The number of hydrogen-bond acceptors (Lipinski definition) is 4. The summed E-state index contributed by atoms with van der Waals surface area (Å²) in [7, 11) is 3.01. The molecule has 0 saturated carbocycles. The maximum Gasteiger partial charge on any atom is 0.411 e. The summed E-state index contributed by atoms with van der Waals surface area (Å²) >= 11 is 0. The monoisotopic (exact) mass is 252 g/mol. The number of rotatable bonds is 5. The third-order valence-corrected chi connectivity index (χ3v) is 2.76. The topological polar surface area (TPSA) is 59.6 Å². The average molecular weight is 252 g/mol. The van der Waals surface area contributed by atoms with Crippen molar-refractivity contribution in [2.75, 3.05) is 24.9 Å². The molecule has 0 bridgehead atoms. The number of methoxy groups -OCH3 is 2. The summed E-state index contributed by atoms with van der Waals surface area (Å²) in [4.78, 5) is 11.1. The van der Waals surface area contributed by atoms with E-state index in [9.17, 15) is 4.79 Å². The summed E-state index contributed by atoms with van der Waals surface area (Å²) in [5.74, 6) is 0. The van der Waals surface area contributed by atoms with Crippen LogP contribution < -0.4 is 10.6 Å². The third-order valence-electron chi connectivity index (χ3n) is 2.76. The van der Waals surface area contributed by atoms with Crippen molar-refractivity contribution in [2.24, 2.45) is 0 Å². The van der Waals surface area contributed by atoms with Crippen LogP contribution in [0.25, 0.3) is 0 Å². The number of carbonyl (C=O) groups excluding carboxylic acids is 1. The van der Waals surface area contributed by atoms with Gasteiger partial charge in [0.1, 0.15) is 0 Å². The minimum Gasteiger partial charge on any atom is -0.453 e. The van der Waals surface area contributed by atoms with E-state index in [1.54, 1.807) is 13.2 Å². The fraction of sp³-hybridized carbons (Fsp3) is 0.462. The van der Waals surface area contributed by atoms with Crippen LogP contribution in [0, 0.1) is 0 Å². The summed E-state index contributed by atoms with van der Waals surface area (Å²) in [5.41, 5.74) is 1.60. The molecule has 100 valence electrons. The Bertz CT molecular complexity index is 396. The van der Waals surface area contributed by atoms with Gasteiger partial charge in [0.15, 0.2) is 0 Å². The lowest BCUT2D eigenvalue weighted by Crippen LogP contribution is -2.29. The van der Waals surface area contributed by atoms with Crippen molar-refractivity contribution in [3.05, 3.63) is 24.3 Å². The molecule has 0 aliphatic carbocycles. The molecule has 1 amide bonds. The van der Waals surface area contributed by atoms with Crippen LogP contribution >= 0.6 is 0 Å². The molecule has 1 aromatic carbocycles. The van der Waals surface area contributed by atoms with E-state index in [-0.39, 0.29) is 12.1 Å². The number of anilines is 2. The largest absolute Gasteiger partial charge is 0.453 e. The van der Waals surface area contributed by atoms with Crippen LogP contribution in [0.15, 0.2) is 24.3 Å². The van der Waals surface area contributed by atoms with Crippen LogP contribution in [0.4, 0.5) is 16.2 Å². The number of carbonyl (C=O) groups is 1. The van der Waals surface area contributed by atoms with Crippen LogP contribution in [-0.2, 0) is 9.47 Å². The quantitative estimate of drug-likeness (QED) is 0.846. The van der Waals surface area contributed by atoms with Crippen LogP contribution in [0.2, 0.25) is 0 Å². The van der Waals surface area contributed by atoms with Crippen LogP contribution in [0.3, 0.4) is 0 Å². The summed E-state index contributed by atoms with van der Waals surface area (Å²) in [6.45, 7) is 4.03. The predicted octanol–water partition coefficient (Wildman–Crippen LogP) is 2.70. The van der Waals surface area contributed by atoms with Gasteiger partial charge in [-0.25, -0.2) is 4.79 Å². The van der Waals surface area contributed by atoms with Crippen molar-refractivity contribution in [1.29, 1.82) is 0 Å². The van der Waals surface area contributed by atoms with Gasteiger partial charge in [-0.2, -0.15) is 0 Å². The minimum atomic E-state index is -0.481. The number of benzene rings is 1. The molecule has 0 aliphatic heterocycles. The van der Waals surface area contributed by atoms with Gasteiger partial charge < -0.3 is 14.8 Å². The molecule has 18 heavy (non-hydrogen) atoms. The number of amides is 1. The maximum atomic E-state index is 11.1. The van der Waals surface area contributed by atoms with Gasteiger partial charge in [0.2, 0.25) is 0 Å². The Morgan fingerprint density at radius 2 is 1.89 bits per heavy atom. The van der Waals surface area contributed by atoms with Gasteiger partial charge in [0.25, 0.3) is 0 Å². The number of nitrogens with one attached hydrogen (secondary N) is 2. The average Bonchev–Trinajstić information content (AvgIpc) is 2.37. The van der Waals surface area contributed by atoms with E-state index >= 15 is 0 Å². The van der Waals surface area contributed by atoms with Crippen LogP contribution in [0.5, 0.6) is 0 Å². The molecule has 1 rings (SSSR count). The molecule has 2 N–H and O–H groups in total. The lowest BCUT2D eigenvalue weighted by atomic mass is 10.2. The normalized spacial score (nSPS) is 13.6. The fourth-order valence-electron chi connectivity index (χ4n) is 1.44. The predicted molar refractivity (Wildman–Crippen MR) is 72.0 cm³/mol. The highest BCUT2D eigenvalue weighted by Gasteiger charge is 2.10. The molecule has 0 heterocycles. The Morgan fingerprint density at radius 3 is 2.50 bits per heavy atom. The van der Waals surface area contributed by atoms with E-state index in [2.05, 4.69) is 15.4 Å². The lowest BCUT2D eigenvalue weighted by molar-refractivity contribution is 0.106. The van der Waals surface area contributed by atoms with Crippen molar-refractivity contribution in [3.63, 3.8) is 0 Å². The molecule has 2 atom stereocenters. The Kier molecular flexibility index (Phi) is 5.45. The molecule has 1 aromatic rings. The van der Waals surface area contributed by atoms with Crippen molar-refractivity contribution in [3.8, 4) is 0 Å². The van der Waals surface area contributed by atoms with Gasteiger partial charge in [0.05, 0.1) is 13.2 Å². The van der Waals surface area contributed by atoms with Gasteiger partial charge >= 0.3 is 6.09 Å². The van der Waals surface area contributed by atoms with Gasteiger partial charge in [-0.05, 0) is 32.0 Å². The second-order valence-electron chi connectivity index (χ2n) is 4.07. The first-order valence-corrected chi connectivity index (χ1v) is 5.81. The molecule has 5 heteroatoms. The highest BCUT2D eigenvalue weighted by atomic mass is 16.5. The van der Waals surface area contributed by atoms with Crippen molar-refractivity contribution >= 4 is 17.5 Å². The highest BCUT2D eigenvalue weighted by molar-refractivity contribution is 5.85. The first-order chi connectivity index (χ1) is 8.56. The minimum absolute atomic E-state index is 0.0993. The molecular weight excluding hydrogens is 232 g/mol. The molecule has 0 aromatic heterocycles.